The van der Waals surface area contributed by atoms with E-state index in [1.165, 1.54) is 12.0 Å². The Morgan fingerprint density at radius 3 is 2.73 bits per heavy atom. The summed E-state index contributed by atoms with van der Waals surface area (Å²) in [5, 5.41) is 3.32. The summed E-state index contributed by atoms with van der Waals surface area (Å²) in [6, 6.07) is 11.0. The number of amides is 1. The van der Waals surface area contributed by atoms with Crippen molar-refractivity contribution < 1.29 is 4.79 Å². The Morgan fingerprint density at radius 2 is 1.95 bits per heavy atom. The molecule has 4 nitrogen and oxygen atoms in total. The van der Waals surface area contributed by atoms with Gasteiger partial charge in [0.15, 0.2) is 0 Å². The van der Waals surface area contributed by atoms with Gasteiger partial charge in [0.05, 0.1) is 6.04 Å². The van der Waals surface area contributed by atoms with Gasteiger partial charge in [0, 0.05) is 25.7 Å². The molecule has 2 heterocycles. The molecule has 120 valence electrons. The van der Waals surface area contributed by atoms with Gasteiger partial charge in [-0.3, -0.25) is 9.69 Å². The Hall–Kier alpha value is -1.39. The summed E-state index contributed by atoms with van der Waals surface area (Å²) in [6.07, 6.45) is 4.43. The molecule has 1 aromatic rings. The number of hydrogen-bond donors (Lipinski definition) is 1. The van der Waals surface area contributed by atoms with Crippen molar-refractivity contribution >= 4 is 5.91 Å². The van der Waals surface area contributed by atoms with Crippen molar-refractivity contribution in [1.29, 1.82) is 0 Å². The molecule has 1 N–H and O–H groups in total. The van der Waals surface area contributed by atoms with Gasteiger partial charge in [-0.15, -0.1) is 0 Å². The molecule has 0 aromatic heterocycles. The van der Waals surface area contributed by atoms with Crippen LogP contribution in [0, 0.1) is 0 Å². The predicted molar refractivity (Wildman–Crippen MR) is 88.5 cm³/mol. The summed E-state index contributed by atoms with van der Waals surface area (Å²) in [5.41, 5.74) is 1.30. The summed E-state index contributed by atoms with van der Waals surface area (Å²) in [5.74, 6) is 0.341. The lowest BCUT2D eigenvalue weighted by Crippen LogP contribution is -2.52. The average Bonchev–Trinajstić information content (AvgIpc) is 3.03. The zero-order valence-electron chi connectivity index (χ0n) is 13.5. The Bertz CT molecular complexity index is 490. The molecule has 0 aliphatic carbocycles. The van der Waals surface area contributed by atoms with Crippen LogP contribution in [0.2, 0.25) is 0 Å². The van der Waals surface area contributed by atoms with Crippen LogP contribution in [0.1, 0.15) is 31.2 Å². The molecular weight excluding hydrogens is 274 g/mol. The summed E-state index contributed by atoms with van der Waals surface area (Å²) >= 11 is 0. The third-order valence-corrected chi connectivity index (χ3v) is 5.02. The normalized spacial score (nSPS) is 26.3. The molecule has 0 spiro atoms. The molecule has 3 rings (SSSR count). The fraction of sp³-hybridized carbons (Fsp3) is 0.611. The minimum absolute atomic E-state index is 0.0795. The van der Waals surface area contributed by atoms with Crippen LogP contribution in [-0.4, -0.2) is 54.5 Å². The van der Waals surface area contributed by atoms with Crippen LogP contribution in [-0.2, 0) is 11.3 Å². The van der Waals surface area contributed by atoms with E-state index in [4.69, 9.17) is 0 Å². The highest BCUT2D eigenvalue weighted by molar-refractivity contribution is 5.82. The van der Waals surface area contributed by atoms with Gasteiger partial charge < -0.3 is 10.2 Å². The van der Waals surface area contributed by atoms with Crippen molar-refractivity contribution in [2.24, 2.45) is 0 Å². The van der Waals surface area contributed by atoms with Gasteiger partial charge in [-0.25, -0.2) is 0 Å². The highest BCUT2D eigenvalue weighted by atomic mass is 16.2. The second kappa shape index (κ2) is 7.25. The minimum atomic E-state index is 0.0795. The van der Waals surface area contributed by atoms with Crippen molar-refractivity contribution in [2.75, 3.05) is 26.7 Å². The van der Waals surface area contributed by atoms with Crippen molar-refractivity contribution in [3.63, 3.8) is 0 Å². The third kappa shape index (κ3) is 3.50. The Labute approximate surface area is 133 Å². The highest BCUT2D eigenvalue weighted by Gasteiger charge is 2.35. The van der Waals surface area contributed by atoms with Crippen LogP contribution < -0.4 is 5.32 Å². The van der Waals surface area contributed by atoms with Crippen molar-refractivity contribution in [2.45, 2.75) is 44.3 Å². The molecule has 2 aliphatic rings. The molecule has 0 saturated carbocycles. The number of rotatable bonds is 4. The minimum Gasteiger partial charge on any atom is -0.340 e. The fourth-order valence-electron chi connectivity index (χ4n) is 3.74. The first-order valence-electron chi connectivity index (χ1n) is 8.52. The number of likely N-dealkylation sites (tertiary alicyclic amines) is 2. The number of carbonyl (C=O) groups is 1. The number of nitrogens with one attached hydrogen (secondary N) is 1. The molecule has 2 saturated heterocycles. The first-order chi connectivity index (χ1) is 10.8. The molecule has 0 radical (unpaired) electrons. The molecule has 22 heavy (non-hydrogen) atoms. The monoisotopic (exact) mass is 301 g/mol. The summed E-state index contributed by atoms with van der Waals surface area (Å²) in [4.78, 5) is 17.4. The molecule has 1 aromatic carbocycles. The van der Waals surface area contributed by atoms with Gasteiger partial charge in [0.25, 0.3) is 0 Å². The average molecular weight is 301 g/mol. The maximum absolute atomic E-state index is 12.9. The lowest BCUT2D eigenvalue weighted by atomic mass is 10.0. The van der Waals surface area contributed by atoms with E-state index < -0.39 is 0 Å². The van der Waals surface area contributed by atoms with E-state index >= 15 is 0 Å². The summed E-state index contributed by atoms with van der Waals surface area (Å²) in [7, 11) is 2.00. The van der Waals surface area contributed by atoms with E-state index in [0.29, 0.717) is 11.9 Å². The van der Waals surface area contributed by atoms with Crippen molar-refractivity contribution in [3.8, 4) is 0 Å². The van der Waals surface area contributed by atoms with Crippen LogP contribution in [0.25, 0.3) is 0 Å². The first-order valence-corrected chi connectivity index (χ1v) is 8.52. The highest BCUT2D eigenvalue weighted by Crippen LogP contribution is 2.23. The van der Waals surface area contributed by atoms with E-state index in [-0.39, 0.29) is 6.04 Å². The van der Waals surface area contributed by atoms with Gasteiger partial charge in [-0.1, -0.05) is 30.3 Å². The van der Waals surface area contributed by atoms with E-state index in [1.54, 1.807) is 0 Å². The number of benzene rings is 1. The topological polar surface area (TPSA) is 35.6 Å². The van der Waals surface area contributed by atoms with E-state index in [1.807, 2.05) is 13.1 Å². The summed E-state index contributed by atoms with van der Waals surface area (Å²) < 4.78 is 0. The van der Waals surface area contributed by atoms with Crippen LogP contribution in [0.3, 0.4) is 0 Å². The van der Waals surface area contributed by atoms with Gasteiger partial charge in [-0.05, 0) is 44.8 Å². The lowest BCUT2D eigenvalue weighted by molar-refractivity contribution is -0.137. The standard InChI is InChI=1S/C18H27N3O/c1-19-16-9-5-12-21(14-16)18(22)17-10-6-11-20(17)13-15-7-3-2-4-8-15/h2-4,7-8,16-17,19H,5-6,9-14H2,1H3. The van der Waals surface area contributed by atoms with Crippen LogP contribution in [0.15, 0.2) is 30.3 Å². The smallest absolute Gasteiger partial charge is 0.239 e. The van der Waals surface area contributed by atoms with E-state index in [0.717, 1.165) is 45.4 Å². The molecule has 2 aliphatic heterocycles. The van der Waals surface area contributed by atoms with Crippen molar-refractivity contribution in [3.05, 3.63) is 35.9 Å². The molecule has 2 atom stereocenters. The number of nitrogens with zero attached hydrogens (tertiary/aromatic N) is 2. The van der Waals surface area contributed by atoms with Gasteiger partial charge in [0.1, 0.15) is 0 Å². The molecule has 2 fully saturated rings. The zero-order valence-corrected chi connectivity index (χ0v) is 13.5. The SMILES string of the molecule is CNC1CCCN(C(=O)C2CCCN2Cc2ccccc2)C1. The molecule has 4 heteroatoms. The fourth-order valence-corrected chi connectivity index (χ4v) is 3.74. The number of hydrogen-bond acceptors (Lipinski definition) is 3. The number of carbonyl (C=O) groups excluding carboxylic acids is 1. The van der Waals surface area contributed by atoms with Gasteiger partial charge in [0.2, 0.25) is 5.91 Å². The van der Waals surface area contributed by atoms with Gasteiger partial charge in [-0.2, -0.15) is 0 Å². The van der Waals surface area contributed by atoms with Crippen LogP contribution in [0.5, 0.6) is 0 Å². The number of likely N-dealkylation sites (N-methyl/N-ethyl adjacent to an activating group) is 1. The van der Waals surface area contributed by atoms with E-state index in [9.17, 15) is 4.79 Å². The maximum Gasteiger partial charge on any atom is 0.239 e. The van der Waals surface area contributed by atoms with Crippen LogP contribution >= 0.6 is 0 Å². The molecule has 1 amide bonds. The summed E-state index contributed by atoms with van der Waals surface area (Å²) in [6.45, 7) is 3.72. The van der Waals surface area contributed by atoms with E-state index in [2.05, 4.69) is 39.4 Å². The lowest BCUT2D eigenvalue weighted by Gasteiger charge is -2.36. The van der Waals surface area contributed by atoms with Gasteiger partial charge >= 0.3 is 0 Å². The Balaban J connectivity index is 1.63. The molecular formula is C18H27N3O. The number of piperidine rings is 1. The predicted octanol–water partition coefficient (Wildman–Crippen LogP) is 1.86. The molecule has 2 unspecified atom stereocenters. The van der Waals surface area contributed by atoms with Crippen molar-refractivity contribution in [1.82, 2.24) is 15.1 Å². The molecule has 0 bridgehead atoms. The first kappa shape index (κ1) is 15.5. The second-order valence-corrected chi connectivity index (χ2v) is 6.53. The van der Waals surface area contributed by atoms with Crippen LogP contribution in [0.4, 0.5) is 0 Å². The third-order valence-electron chi connectivity index (χ3n) is 5.02. The Kier molecular flexibility index (Phi) is 5.11. The zero-order chi connectivity index (χ0) is 15.4. The second-order valence-electron chi connectivity index (χ2n) is 6.53. The maximum atomic E-state index is 12.9. The Morgan fingerprint density at radius 1 is 1.18 bits per heavy atom. The quantitative estimate of drug-likeness (QED) is 0.922. The largest absolute Gasteiger partial charge is 0.340 e.